The summed E-state index contributed by atoms with van der Waals surface area (Å²) in [5, 5.41) is 0.438. The van der Waals surface area contributed by atoms with Crippen molar-refractivity contribution >= 4 is 21.4 Å². The molecule has 0 aliphatic carbocycles. The fraction of sp³-hybridized carbons (Fsp3) is 0.214. The molecule has 0 radical (unpaired) electrons. The summed E-state index contributed by atoms with van der Waals surface area (Å²) >= 11 is 5.77. The molecule has 1 aromatic heterocycles. The Morgan fingerprint density at radius 2 is 1.90 bits per heavy atom. The Balaban J connectivity index is 1.97. The number of benzene rings is 1. The van der Waals surface area contributed by atoms with Crippen LogP contribution in [0, 0.1) is 0 Å². The van der Waals surface area contributed by atoms with Crippen LogP contribution >= 0.6 is 11.6 Å². The van der Waals surface area contributed by atoms with Crippen molar-refractivity contribution in [2.45, 2.75) is 11.4 Å². The summed E-state index contributed by atoms with van der Waals surface area (Å²) in [6.45, 7) is 0.411. The smallest absolute Gasteiger partial charge is 0.181 e. The van der Waals surface area contributed by atoms with E-state index < -0.39 is 9.84 Å². The monoisotopic (exact) mass is 326 g/mol. The van der Waals surface area contributed by atoms with Crippen LogP contribution in [0.4, 0.5) is 0 Å². The van der Waals surface area contributed by atoms with Crippen LogP contribution in [0.25, 0.3) is 0 Å². The van der Waals surface area contributed by atoms with Gasteiger partial charge in [-0.3, -0.25) is 4.98 Å². The van der Waals surface area contributed by atoms with E-state index in [-0.39, 0.29) is 17.3 Å². The SMILES string of the molecule is NCc1ccc(S(=O)(=O)CCOc2cncc(Cl)c2)cc1. The highest BCUT2D eigenvalue weighted by Gasteiger charge is 2.14. The second-order valence-electron chi connectivity index (χ2n) is 4.35. The third-order valence-electron chi connectivity index (χ3n) is 2.82. The Bertz CT molecular complexity index is 702. The van der Waals surface area contributed by atoms with Crippen molar-refractivity contribution in [2.24, 2.45) is 5.73 Å². The molecule has 0 amide bonds. The van der Waals surface area contributed by atoms with Crippen molar-refractivity contribution in [2.75, 3.05) is 12.4 Å². The van der Waals surface area contributed by atoms with E-state index in [9.17, 15) is 8.42 Å². The van der Waals surface area contributed by atoms with Gasteiger partial charge < -0.3 is 10.5 Å². The van der Waals surface area contributed by atoms with Gasteiger partial charge in [0, 0.05) is 18.8 Å². The van der Waals surface area contributed by atoms with Crippen molar-refractivity contribution in [3.63, 3.8) is 0 Å². The van der Waals surface area contributed by atoms with Crippen molar-refractivity contribution < 1.29 is 13.2 Å². The minimum absolute atomic E-state index is 0.0307. The van der Waals surface area contributed by atoms with Crippen LogP contribution < -0.4 is 10.5 Å². The lowest BCUT2D eigenvalue weighted by atomic mass is 10.2. The van der Waals surface area contributed by atoms with E-state index in [0.29, 0.717) is 17.3 Å². The van der Waals surface area contributed by atoms with Crippen molar-refractivity contribution in [1.29, 1.82) is 0 Å². The van der Waals surface area contributed by atoms with Crippen LogP contribution in [0.15, 0.2) is 47.6 Å². The van der Waals surface area contributed by atoms with E-state index in [0.717, 1.165) is 5.56 Å². The molecule has 0 bridgehead atoms. The molecule has 1 heterocycles. The van der Waals surface area contributed by atoms with Crippen molar-refractivity contribution in [1.82, 2.24) is 4.98 Å². The fourth-order valence-electron chi connectivity index (χ4n) is 1.69. The molecule has 0 saturated carbocycles. The molecule has 21 heavy (non-hydrogen) atoms. The minimum atomic E-state index is -3.38. The van der Waals surface area contributed by atoms with Gasteiger partial charge in [0.1, 0.15) is 12.4 Å². The van der Waals surface area contributed by atoms with Crippen LogP contribution in [0.3, 0.4) is 0 Å². The maximum atomic E-state index is 12.1. The van der Waals surface area contributed by atoms with E-state index in [1.807, 2.05) is 0 Å². The molecule has 5 nitrogen and oxygen atoms in total. The van der Waals surface area contributed by atoms with E-state index in [2.05, 4.69) is 4.98 Å². The summed E-state index contributed by atoms with van der Waals surface area (Å²) in [5.74, 6) is 0.317. The highest BCUT2D eigenvalue weighted by molar-refractivity contribution is 7.91. The lowest BCUT2D eigenvalue weighted by molar-refractivity contribution is 0.339. The first-order valence-electron chi connectivity index (χ1n) is 6.26. The first-order valence-corrected chi connectivity index (χ1v) is 8.29. The van der Waals surface area contributed by atoms with Gasteiger partial charge >= 0.3 is 0 Å². The number of halogens is 1. The number of nitrogens with zero attached hydrogens (tertiary/aromatic N) is 1. The Morgan fingerprint density at radius 3 is 2.52 bits per heavy atom. The van der Waals surface area contributed by atoms with Gasteiger partial charge in [-0.2, -0.15) is 0 Å². The molecule has 2 N–H and O–H groups in total. The number of hydrogen-bond donors (Lipinski definition) is 1. The van der Waals surface area contributed by atoms with E-state index in [1.165, 1.54) is 12.4 Å². The normalized spacial score (nSPS) is 11.3. The maximum absolute atomic E-state index is 12.1. The lowest BCUT2D eigenvalue weighted by Gasteiger charge is -2.07. The zero-order valence-corrected chi connectivity index (χ0v) is 12.8. The van der Waals surface area contributed by atoms with Gasteiger partial charge in [-0.1, -0.05) is 23.7 Å². The standard InChI is InChI=1S/C14H15ClN2O3S/c15-12-7-13(10-17-9-12)20-5-6-21(18,19)14-3-1-11(8-16)2-4-14/h1-4,7,9-10H,5-6,8,16H2. The Kier molecular flexibility index (Phi) is 5.17. The molecule has 2 aromatic rings. The van der Waals surface area contributed by atoms with Gasteiger partial charge in [-0.05, 0) is 17.7 Å². The summed E-state index contributed by atoms with van der Waals surface area (Å²) < 4.78 is 29.6. The first kappa shape index (κ1) is 15.8. The summed E-state index contributed by atoms with van der Waals surface area (Å²) in [6, 6.07) is 8.09. The summed E-state index contributed by atoms with van der Waals surface area (Å²) in [6.07, 6.45) is 2.96. The van der Waals surface area contributed by atoms with Crippen LogP contribution in [0.5, 0.6) is 5.75 Å². The van der Waals surface area contributed by atoms with E-state index in [1.54, 1.807) is 30.3 Å². The maximum Gasteiger partial charge on any atom is 0.181 e. The largest absolute Gasteiger partial charge is 0.491 e. The predicted molar refractivity (Wildman–Crippen MR) is 81.1 cm³/mol. The van der Waals surface area contributed by atoms with Crippen LogP contribution in [0.2, 0.25) is 5.02 Å². The number of rotatable bonds is 6. The number of aromatic nitrogens is 1. The highest BCUT2D eigenvalue weighted by Crippen LogP contribution is 2.16. The second-order valence-corrected chi connectivity index (χ2v) is 6.90. The molecule has 7 heteroatoms. The lowest BCUT2D eigenvalue weighted by Crippen LogP contribution is -2.14. The number of sulfone groups is 1. The van der Waals surface area contributed by atoms with Crippen LogP contribution in [-0.4, -0.2) is 25.8 Å². The molecule has 0 saturated heterocycles. The Labute approximate surface area is 128 Å². The number of ether oxygens (including phenoxy) is 1. The molecule has 2 rings (SSSR count). The van der Waals surface area contributed by atoms with Crippen LogP contribution in [0.1, 0.15) is 5.56 Å². The van der Waals surface area contributed by atoms with Crippen molar-refractivity contribution in [3.8, 4) is 5.75 Å². The molecule has 0 fully saturated rings. The van der Waals surface area contributed by atoms with Gasteiger partial charge in [-0.25, -0.2) is 8.42 Å². The minimum Gasteiger partial charge on any atom is -0.491 e. The van der Waals surface area contributed by atoms with Crippen LogP contribution in [-0.2, 0) is 16.4 Å². The van der Waals surface area contributed by atoms with Gasteiger partial charge in [0.2, 0.25) is 0 Å². The molecule has 0 aliphatic heterocycles. The topological polar surface area (TPSA) is 82.3 Å². The molecule has 0 unspecified atom stereocenters. The molecular weight excluding hydrogens is 312 g/mol. The highest BCUT2D eigenvalue weighted by atomic mass is 35.5. The molecule has 0 aliphatic rings. The molecule has 112 valence electrons. The Hall–Kier alpha value is -1.63. The van der Waals surface area contributed by atoms with E-state index in [4.69, 9.17) is 22.1 Å². The summed E-state index contributed by atoms with van der Waals surface area (Å²) in [4.78, 5) is 4.12. The summed E-state index contributed by atoms with van der Waals surface area (Å²) in [5.41, 5.74) is 6.36. The van der Waals surface area contributed by atoms with Gasteiger partial charge in [-0.15, -0.1) is 0 Å². The molecular formula is C14H15ClN2O3S. The zero-order valence-electron chi connectivity index (χ0n) is 11.2. The quantitative estimate of drug-likeness (QED) is 0.878. The van der Waals surface area contributed by atoms with Gasteiger partial charge in [0.25, 0.3) is 0 Å². The fourth-order valence-corrected chi connectivity index (χ4v) is 2.94. The van der Waals surface area contributed by atoms with Gasteiger partial charge in [0.15, 0.2) is 9.84 Å². The van der Waals surface area contributed by atoms with Gasteiger partial charge in [0.05, 0.1) is 21.9 Å². The third-order valence-corrected chi connectivity index (χ3v) is 4.72. The molecule has 0 spiro atoms. The van der Waals surface area contributed by atoms with E-state index >= 15 is 0 Å². The second kappa shape index (κ2) is 6.89. The summed E-state index contributed by atoms with van der Waals surface area (Å²) in [7, 11) is -3.38. The third kappa shape index (κ3) is 4.42. The zero-order chi connectivity index (χ0) is 15.3. The Morgan fingerprint density at radius 1 is 1.19 bits per heavy atom. The molecule has 1 aromatic carbocycles. The number of hydrogen-bond acceptors (Lipinski definition) is 5. The number of nitrogens with two attached hydrogens (primary N) is 1. The average molecular weight is 327 g/mol. The van der Waals surface area contributed by atoms with Crippen molar-refractivity contribution in [3.05, 3.63) is 53.3 Å². The first-order chi connectivity index (χ1) is 10.0. The predicted octanol–water partition coefficient (Wildman–Crippen LogP) is 2.05. The molecule has 0 atom stereocenters. The average Bonchev–Trinajstić information content (AvgIpc) is 2.47. The number of pyridine rings is 1.